The van der Waals surface area contributed by atoms with Gasteiger partial charge in [0, 0.05) is 48.1 Å². The van der Waals surface area contributed by atoms with Gasteiger partial charge in [-0.3, -0.25) is 0 Å². The maximum atomic E-state index is 2.52. The first-order valence-corrected chi connectivity index (χ1v) is 20.6. The summed E-state index contributed by atoms with van der Waals surface area (Å²) in [5.74, 6) is 0. The highest BCUT2D eigenvalue weighted by Crippen LogP contribution is 2.57. The number of nitrogens with zero attached hydrogens (tertiary/aromatic N) is 1. The van der Waals surface area contributed by atoms with E-state index < -0.39 is 0 Å². The van der Waals surface area contributed by atoms with Gasteiger partial charge in [0.15, 0.2) is 0 Å². The minimum absolute atomic E-state index is 0.0410. The van der Waals surface area contributed by atoms with Crippen molar-refractivity contribution in [2.75, 3.05) is 4.90 Å². The smallest absolute Gasteiger partial charge is 0.0468 e. The van der Waals surface area contributed by atoms with Crippen LogP contribution >= 0.6 is 11.3 Å². The second kappa shape index (κ2) is 11.2. The first-order valence-electron chi connectivity index (χ1n) is 19.8. The van der Waals surface area contributed by atoms with E-state index in [1.54, 1.807) is 0 Å². The second-order valence-corrected chi connectivity index (χ2v) is 18.0. The Labute approximate surface area is 331 Å². The molecule has 1 heterocycles. The molecule has 1 nitrogen and oxygen atoms in total. The molecule has 0 amide bonds. The predicted molar refractivity (Wildman–Crippen MR) is 242 cm³/mol. The molecule has 0 fully saturated rings. The van der Waals surface area contributed by atoms with Crippen LogP contribution in [0.5, 0.6) is 0 Å². The van der Waals surface area contributed by atoms with Gasteiger partial charge in [-0.2, -0.15) is 0 Å². The van der Waals surface area contributed by atoms with Crippen molar-refractivity contribution in [1.82, 2.24) is 0 Å². The molecule has 0 radical (unpaired) electrons. The number of benzene rings is 9. The highest BCUT2D eigenvalue weighted by Gasteiger charge is 2.41. The fourth-order valence-corrected chi connectivity index (χ4v) is 11.5. The Kier molecular flexibility index (Phi) is 6.40. The van der Waals surface area contributed by atoms with Crippen LogP contribution in [-0.2, 0) is 10.8 Å². The zero-order valence-corrected chi connectivity index (χ0v) is 32.8. The summed E-state index contributed by atoms with van der Waals surface area (Å²) in [6.45, 7) is 9.60. The van der Waals surface area contributed by atoms with Gasteiger partial charge in [0.05, 0.1) is 0 Å². The summed E-state index contributed by atoms with van der Waals surface area (Å²) in [6, 6.07) is 62.0. The molecule has 0 saturated carbocycles. The minimum Gasteiger partial charge on any atom is -0.310 e. The van der Waals surface area contributed by atoms with Crippen LogP contribution in [0.15, 0.2) is 164 Å². The zero-order chi connectivity index (χ0) is 37.5. The molecule has 0 aliphatic heterocycles. The molecule has 0 saturated heterocycles. The Balaban J connectivity index is 1.09. The first kappa shape index (κ1) is 32.1. The molecule has 2 aliphatic rings. The van der Waals surface area contributed by atoms with Crippen LogP contribution in [0.1, 0.15) is 49.9 Å². The van der Waals surface area contributed by atoms with Gasteiger partial charge in [-0.1, -0.05) is 131 Å². The van der Waals surface area contributed by atoms with Crippen LogP contribution < -0.4 is 4.90 Å². The summed E-state index contributed by atoms with van der Waals surface area (Å²) < 4.78 is 2.64. The fraction of sp³-hybridized carbons (Fsp3) is 0.111. The normalized spacial score (nSPS) is 14.7. The van der Waals surface area contributed by atoms with E-state index in [4.69, 9.17) is 0 Å². The molecule has 2 aliphatic carbocycles. The quantitative estimate of drug-likeness (QED) is 0.163. The maximum Gasteiger partial charge on any atom is 0.0468 e. The zero-order valence-electron chi connectivity index (χ0n) is 31.9. The standard InChI is InChI=1S/C54H39NS/c1-53(2)47-19-11-9-17-40(47)44-30-50-45(31-49(44)53)41-25-22-34(29-48(41)54(50,3)4)55(33-23-26-52-46(28-33)42-18-10-12-20-51(42)56-52)32-21-24-39-37-15-6-5-13-35(37)36-14-7-8-16-38(36)43(39)27-32/h5-31H,1-4H3. The van der Waals surface area contributed by atoms with Gasteiger partial charge in [-0.05, 0) is 137 Å². The summed E-state index contributed by atoms with van der Waals surface area (Å²) in [7, 11) is 0. The van der Waals surface area contributed by atoms with Crippen LogP contribution in [0, 0.1) is 0 Å². The van der Waals surface area contributed by atoms with Gasteiger partial charge in [-0.15, -0.1) is 11.3 Å². The largest absolute Gasteiger partial charge is 0.310 e. The van der Waals surface area contributed by atoms with Crippen LogP contribution in [-0.4, -0.2) is 0 Å². The number of fused-ring (bicyclic) bond motifs is 15. The number of thiophene rings is 1. The summed E-state index contributed by atoms with van der Waals surface area (Å²) in [6.07, 6.45) is 0. The van der Waals surface area contributed by atoms with E-state index in [2.05, 4.69) is 196 Å². The van der Waals surface area contributed by atoms with Gasteiger partial charge < -0.3 is 4.90 Å². The summed E-state index contributed by atoms with van der Waals surface area (Å²) in [4.78, 5) is 2.49. The molecule has 56 heavy (non-hydrogen) atoms. The number of hydrogen-bond acceptors (Lipinski definition) is 2. The molecule has 0 bridgehead atoms. The Morgan fingerprint density at radius 2 is 0.768 bits per heavy atom. The van der Waals surface area contributed by atoms with E-state index in [1.165, 1.54) is 103 Å². The minimum atomic E-state index is -0.172. The number of rotatable bonds is 3. The lowest BCUT2D eigenvalue weighted by Gasteiger charge is -2.29. The van der Waals surface area contributed by atoms with Gasteiger partial charge in [0.2, 0.25) is 0 Å². The van der Waals surface area contributed by atoms with Crippen molar-refractivity contribution in [2.24, 2.45) is 0 Å². The van der Waals surface area contributed by atoms with E-state index in [9.17, 15) is 0 Å². The first-order chi connectivity index (χ1) is 27.3. The topological polar surface area (TPSA) is 3.24 Å². The van der Waals surface area contributed by atoms with E-state index >= 15 is 0 Å². The predicted octanol–water partition coefficient (Wildman–Crippen LogP) is 15.6. The molecular formula is C54H39NS. The number of anilines is 3. The molecule has 10 aromatic rings. The Hall–Kier alpha value is -6.22. The Morgan fingerprint density at radius 1 is 0.321 bits per heavy atom. The molecule has 0 spiro atoms. The van der Waals surface area contributed by atoms with Gasteiger partial charge in [0.25, 0.3) is 0 Å². The van der Waals surface area contributed by atoms with Crippen LogP contribution in [0.2, 0.25) is 0 Å². The molecule has 2 heteroatoms. The highest BCUT2D eigenvalue weighted by molar-refractivity contribution is 7.25. The van der Waals surface area contributed by atoms with Gasteiger partial charge in [0.1, 0.15) is 0 Å². The van der Waals surface area contributed by atoms with Crippen molar-refractivity contribution in [3.63, 3.8) is 0 Å². The molecule has 266 valence electrons. The SMILES string of the molecule is CC1(C)c2ccccc2-c2cc3c(cc21)-c1ccc(N(c2ccc4sc5ccccc5c4c2)c2ccc4c5ccccc5c5ccccc5c4c2)cc1C3(C)C. The molecule has 1 aromatic heterocycles. The third-order valence-corrected chi connectivity index (χ3v) is 14.4. The molecule has 9 aromatic carbocycles. The maximum absolute atomic E-state index is 2.52. The third-order valence-electron chi connectivity index (χ3n) is 13.2. The molecule has 0 N–H and O–H groups in total. The van der Waals surface area contributed by atoms with Crippen molar-refractivity contribution in [3.8, 4) is 22.3 Å². The van der Waals surface area contributed by atoms with Gasteiger partial charge >= 0.3 is 0 Å². The van der Waals surface area contributed by atoms with E-state index in [1.807, 2.05) is 11.3 Å². The van der Waals surface area contributed by atoms with Crippen LogP contribution in [0.4, 0.5) is 17.1 Å². The van der Waals surface area contributed by atoms with Crippen LogP contribution in [0.3, 0.4) is 0 Å². The summed E-state index contributed by atoms with van der Waals surface area (Å²) in [5.41, 5.74) is 14.4. The fourth-order valence-electron chi connectivity index (χ4n) is 10.4. The monoisotopic (exact) mass is 733 g/mol. The molecular weight excluding hydrogens is 695 g/mol. The van der Waals surface area contributed by atoms with Crippen molar-refractivity contribution < 1.29 is 0 Å². The number of hydrogen-bond donors (Lipinski definition) is 0. The van der Waals surface area contributed by atoms with Crippen molar-refractivity contribution in [2.45, 2.75) is 38.5 Å². The summed E-state index contributed by atoms with van der Waals surface area (Å²) >= 11 is 1.87. The Morgan fingerprint density at radius 3 is 1.46 bits per heavy atom. The third kappa shape index (κ3) is 4.25. The highest BCUT2D eigenvalue weighted by atomic mass is 32.1. The lowest BCUT2D eigenvalue weighted by atomic mass is 9.79. The van der Waals surface area contributed by atoms with E-state index in [-0.39, 0.29) is 10.8 Å². The van der Waals surface area contributed by atoms with Crippen LogP contribution in [0.25, 0.3) is 74.7 Å². The molecule has 12 rings (SSSR count). The van der Waals surface area contributed by atoms with E-state index in [0.717, 1.165) is 11.4 Å². The lowest BCUT2D eigenvalue weighted by molar-refractivity contribution is 0.652. The van der Waals surface area contributed by atoms with Gasteiger partial charge in [-0.25, -0.2) is 0 Å². The summed E-state index contributed by atoms with van der Waals surface area (Å²) in [5, 5.41) is 10.3. The second-order valence-electron chi connectivity index (χ2n) is 16.9. The van der Waals surface area contributed by atoms with Crippen molar-refractivity contribution in [3.05, 3.63) is 186 Å². The van der Waals surface area contributed by atoms with Crippen molar-refractivity contribution in [1.29, 1.82) is 0 Å². The van der Waals surface area contributed by atoms with Crippen molar-refractivity contribution >= 4 is 80.9 Å². The molecule has 0 atom stereocenters. The average Bonchev–Trinajstić information content (AvgIpc) is 3.79. The molecule has 0 unspecified atom stereocenters. The van der Waals surface area contributed by atoms with E-state index in [0.29, 0.717) is 0 Å². The Bertz CT molecular complexity index is 3290. The lowest BCUT2D eigenvalue weighted by Crippen LogP contribution is -2.17. The average molecular weight is 734 g/mol.